The minimum atomic E-state index is -0.529. The summed E-state index contributed by atoms with van der Waals surface area (Å²) in [6.45, 7) is 2.49. The third-order valence-corrected chi connectivity index (χ3v) is 3.21. The second-order valence-corrected chi connectivity index (χ2v) is 4.84. The van der Waals surface area contributed by atoms with Crippen molar-refractivity contribution in [1.82, 2.24) is 0 Å². The highest BCUT2D eigenvalue weighted by Gasteiger charge is 2.24. The average molecular weight is 311 g/mol. The van der Waals surface area contributed by atoms with Gasteiger partial charge >= 0.3 is 5.97 Å². The Kier molecular flexibility index (Phi) is 4.19. The molecule has 0 unspecified atom stereocenters. The number of hydrogen-bond acceptors (Lipinski definition) is 4. The Morgan fingerprint density at radius 1 is 1.13 bits per heavy atom. The molecule has 0 saturated carbocycles. The first-order chi connectivity index (χ1) is 11.2. The number of rotatable bonds is 4. The standard InChI is InChI=1S/C18H14FNO3/c1-2-22-15-9-5-13(6-10-15)17-20-16(18(21)23-17)11-12-3-7-14(19)8-4-12/h3-11H,2H2,1H3/b16-11+. The van der Waals surface area contributed by atoms with Gasteiger partial charge in [-0.3, -0.25) is 0 Å². The van der Waals surface area contributed by atoms with Crippen molar-refractivity contribution >= 4 is 17.9 Å². The molecule has 2 aromatic carbocycles. The van der Waals surface area contributed by atoms with Gasteiger partial charge in [0.1, 0.15) is 11.6 Å². The molecule has 0 radical (unpaired) electrons. The van der Waals surface area contributed by atoms with E-state index < -0.39 is 5.97 Å². The molecule has 0 saturated heterocycles. The minimum absolute atomic E-state index is 0.181. The highest BCUT2D eigenvalue weighted by molar-refractivity contribution is 6.12. The van der Waals surface area contributed by atoms with Gasteiger partial charge in [-0.05, 0) is 55.0 Å². The van der Waals surface area contributed by atoms with Crippen LogP contribution >= 0.6 is 0 Å². The van der Waals surface area contributed by atoms with Crippen molar-refractivity contribution < 1.29 is 18.7 Å². The lowest BCUT2D eigenvalue weighted by molar-refractivity contribution is -0.129. The number of hydrogen-bond donors (Lipinski definition) is 0. The Morgan fingerprint density at radius 3 is 2.48 bits per heavy atom. The predicted octanol–water partition coefficient (Wildman–Crippen LogP) is 3.57. The second kappa shape index (κ2) is 6.44. The van der Waals surface area contributed by atoms with Gasteiger partial charge in [0.05, 0.1) is 6.61 Å². The van der Waals surface area contributed by atoms with Crippen molar-refractivity contribution in [2.75, 3.05) is 6.61 Å². The summed E-state index contributed by atoms with van der Waals surface area (Å²) in [4.78, 5) is 16.1. The van der Waals surface area contributed by atoms with Gasteiger partial charge in [-0.25, -0.2) is 14.2 Å². The number of nitrogens with zero attached hydrogens (tertiary/aromatic N) is 1. The van der Waals surface area contributed by atoms with Crippen molar-refractivity contribution in [2.24, 2.45) is 4.99 Å². The third-order valence-electron chi connectivity index (χ3n) is 3.21. The molecule has 3 rings (SSSR count). The molecule has 1 heterocycles. The van der Waals surface area contributed by atoms with Gasteiger partial charge in [0.15, 0.2) is 5.70 Å². The Balaban J connectivity index is 1.84. The van der Waals surface area contributed by atoms with Gasteiger partial charge in [-0.15, -0.1) is 0 Å². The maximum absolute atomic E-state index is 12.9. The Hall–Kier alpha value is -2.95. The van der Waals surface area contributed by atoms with Crippen LogP contribution in [0.25, 0.3) is 6.08 Å². The van der Waals surface area contributed by atoms with Gasteiger partial charge < -0.3 is 9.47 Å². The van der Waals surface area contributed by atoms with Crippen molar-refractivity contribution in [3.8, 4) is 5.75 Å². The largest absolute Gasteiger partial charge is 0.494 e. The molecule has 4 nitrogen and oxygen atoms in total. The van der Waals surface area contributed by atoms with Crippen LogP contribution in [0.15, 0.2) is 59.2 Å². The zero-order valence-electron chi connectivity index (χ0n) is 12.5. The first kappa shape index (κ1) is 15.0. The molecule has 116 valence electrons. The number of ether oxygens (including phenoxy) is 2. The van der Waals surface area contributed by atoms with E-state index in [0.29, 0.717) is 17.7 Å². The lowest BCUT2D eigenvalue weighted by atomic mass is 10.2. The summed E-state index contributed by atoms with van der Waals surface area (Å²) in [5.74, 6) is 0.118. The minimum Gasteiger partial charge on any atom is -0.494 e. The number of benzene rings is 2. The summed E-state index contributed by atoms with van der Waals surface area (Å²) in [7, 11) is 0. The lowest BCUT2D eigenvalue weighted by Gasteiger charge is -2.03. The molecule has 0 spiro atoms. The molecule has 0 N–H and O–H groups in total. The van der Waals surface area contributed by atoms with Crippen LogP contribution in [0.4, 0.5) is 4.39 Å². The van der Waals surface area contributed by atoms with E-state index in [1.54, 1.807) is 42.5 Å². The first-order valence-electron chi connectivity index (χ1n) is 7.17. The molecule has 0 aliphatic carbocycles. The number of halogens is 1. The molecule has 5 heteroatoms. The number of carbonyl (C=O) groups is 1. The normalized spacial score (nSPS) is 15.5. The number of carbonyl (C=O) groups excluding carboxylic acids is 1. The Morgan fingerprint density at radius 2 is 1.83 bits per heavy atom. The second-order valence-electron chi connectivity index (χ2n) is 4.84. The van der Waals surface area contributed by atoms with E-state index in [-0.39, 0.29) is 17.4 Å². The van der Waals surface area contributed by atoms with Gasteiger partial charge in [0, 0.05) is 5.56 Å². The van der Waals surface area contributed by atoms with Crippen molar-refractivity contribution in [3.63, 3.8) is 0 Å². The fourth-order valence-electron chi connectivity index (χ4n) is 2.11. The van der Waals surface area contributed by atoms with E-state index in [2.05, 4.69) is 4.99 Å². The van der Waals surface area contributed by atoms with E-state index in [4.69, 9.17) is 9.47 Å². The summed E-state index contributed by atoms with van der Waals surface area (Å²) < 4.78 is 23.4. The van der Waals surface area contributed by atoms with Crippen LogP contribution in [-0.2, 0) is 9.53 Å². The van der Waals surface area contributed by atoms with Gasteiger partial charge in [0.25, 0.3) is 0 Å². The summed E-state index contributed by atoms with van der Waals surface area (Å²) in [6, 6.07) is 12.9. The lowest BCUT2D eigenvalue weighted by Crippen LogP contribution is -2.05. The summed E-state index contributed by atoms with van der Waals surface area (Å²) in [6.07, 6.45) is 1.56. The third kappa shape index (κ3) is 3.45. The molecule has 23 heavy (non-hydrogen) atoms. The monoisotopic (exact) mass is 311 g/mol. The molecule has 2 aromatic rings. The van der Waals surface area contributed by atoms with Crippen LogP contribution in [0, 0.1) is 5.82 Å². The summed E-state index contributed by atoms with van der Waals surface area (Å²) >= 11 is 0. The van der Waals surface area contributed by atoms with Crippen LogP contribution in [-0.4, -0.2) is 18.5 Å². The topological polar surface area (TPSA) is 47.9 Å². The van der Waals surface area contributed by atoms with E-state index in [1.165, 1.54) is 12.1 Å². The molecule has 0 amide bonds. The van der Waals surface area contributed by atoms with Crippen molar-refractivity contribution in [2.45, 2.75) is 6.92 Å². The molecular formula is C18H14FNO3. The van der Waals surface area contributed by atoms with Crippen LogP contribution < -0.4 is 4.74 Å². The number of aliphatic imine (C=N–C) groups is 1. The molecule has 0 atom stereocenters. The fourth-order valence-corrected chi connectivity index (χ4v) is 2.11. The maximum Gasteiger partial charge on any atom is 0.363 e. The van der Waals surface area contributed by atoms with Crippen LogP contribution in [0.1, 0.15) is 18.1 Å². The Bertz CT molecular complexity index is 777. The van der Waals surface area contributed by atoms with Crippen LogP contribution in [0.2, 0.25) is 0 Å². The molecule has 1 aliphatic heterocycles. The molecule has 0 bridgehead atoms. The van der Waals surface area contributed by atoms with Crippen LogP contribution in [0.3, 0.4) is 0 Å². The molecular weight excluding hydrogens is 297 g/mol. The Labute approximate surface area is 132 Å². The molecule has 0 aromatic heterocycles. The number of esters is 1. The zero-order chi connectivity index (χ0) is 16.2. The summed E-state index contributed by atoms with van der Waals surface area (Å²) in [5, 5.41) is 0. The highest BCUT2D eigenvalue weighted by atomic mass is 19.1. The summed E-state index contributed by atoms with van der Waals surface area (Å²) in [5.41, 5.74) is 1.54. The van der Waals surface area contributed by atoms with Crippen molar-refractivity contribution in [3.05, 3.63) is 71.2 Å². The van der Waals surface area contributed by atoms with E-state index in [9.17, 15) is 9.18 Å². The number of cyclic esters (lactones) is 1. The smallest absolute Gasteiger partial charge is 0.363 e. The maximum atomic E-state index is 12.9. The molecule has 1 aliphatic rings. The van der Waals surface area contributed by atoms with Gasteiger partial charge in [0.2, 0.25) is 5.90 Å². The van der Waals surface area contributed by atoms with Gasteiger partial charge in [-0.2, -0.15) is 0 Å². The zero-order valence-corrected chi connectivity index (χ0v) is 12.5. The van der Waals surface area contributed by atoms with Gasteiger partial charge in [-0.1, -0.05) is 12.1 Å². The first-order valence-corrected chi connectivity index (χ1v) is 7.17. The van der Waals surface area contributed by atoms with E-state index >= 15 is 0 Å². The van der Waals surface area contributed by atoms with Crippen LogP contribution in [0.5, 0.6) is 5.75 Å². The fraction of sp³-hybridized carbons (Fsp3) is 0.111. The highest BCUT2D eigenvalue weighted by Crippen LogP contribution is 2.21. The average Bonchev–Trinajstić information content (AvgIpc) is 2.92. The SMILES string of the molecule is CCOc1ccc(C2=N/C(=C/c3ccc(F)cc3)C(=O)O2)cc1. The van der Waals surface area contributed by atoms with Crippen molar-refractivity contribution in [1.29, 1.82) is 0 Å². The molecule has 0 fully saturated rings. The predicted molar refractivity (Wildman–Crippen MR) is 84.6 cm³/mol. The van der Waals surface area contributed by atoms with E-state index in [1.807, 2.05) is 6.92 Å². The van der Waals surface area contributed by atoms with E-state index in [0.717, 1.165) is 5.75 Å². The quantitative estimate of drug-likeness (QED) is 0.640.